The van der Waals surface area contributed by atoms with Crippen LogP contribution in [0.3, 0.4) is 0 Å². The second-order valence-electron chi connectivity index (χ2n) is 7.87. The van der Waals surface area contributed by atoms with Crippen molar-refractivity contribution in [2.24, 2.45) is 5.73 Å². The zero-order chi connectivity index (χ0) is 24.7. The number of nitrogens with zero attached hydrogens (tertiary/aromatic N) is 1. The first-order valence-electron chi connectivity index (χ1n) is 10.6. The second-order valence-corrected chi connectivity index (χ2v) is 7.87. The molecule has 8 N–H and O–H groups in total. The molecule has 3 aromatic rings. The molecule has 2 aromatic heterocycles. The van der Waals surface area contributed by atoms with E-state index in [0.717, 1.165) is 16.5 Å². The molecule has 0 saturated carbocycles. The summed E-state index contributed by atoms with van der Waals surface area (Å²) in [5.74, 6) is -3.04. The maximum absolute atomic E-state index is 13.1. The van der Waals surface area contributed by atoms with Crippen LogP contribution in [0.5, 0.6) is 0 Å². The third kappa shape index (κ3) is 6.42. The number of hydrogen-bond acceptors (Lipinski definition) is 6. The first kappa shape index (κ1) is 24.5. The number of amides is 3. The zero-order valence-corrected chi connectivity index (χ0v) is 18.5. The van der Waals surface area contributed by atoms with Crippen molar-refractivity contribution in [2.45, 2.75) is 37.9 Å². The molecular weight excluding hydrogens is 442 g/mol. The predicted molar refractivity (Wildman–Crippen MR) is 122 cm³/mol. The zero-order valence-electron chi connectivity index (χ0n) is 18.5. The molecule has 0 aliphatic rings. The van der Waals surface area contributed by atoms with E-state index in [1.165, 1.54) is 19.4 Å². The number of para-hydroxylation sites is 1. The number of rotatable bonds is 11. The molecule has 12 heteroatoms. The molecule has 0 radical (unpaired) electrons. The van der Waals surface area contributed by atoms with Gasteiger partial charge in [0.25, 0.3) is 0 Å². The van der Waals surface area contributed by atoms with Crippen molar-refractivity contribution < 1.29 is 24.3 Å². The minimum absolute atomic E-state index is 0.0146. The van der Waals surface area contributed by atoms with E-state index in [1.54, 1.807) is 6.20 Å². The largest absolute Gasteiger partial charge is 0.480 e. The molecule has 3 rings (SSSR count). The fourth-order valence-electron chi connectivity index (χ4n) is 3.39. The fourth-order valence-corrected chi connectivity index (χ4v) is 3.39. The van der Waals surface area contributed by atoms with E-state index in [4.69, 9.17) is 5.73 Å². The van der Waals surface area contributed by atoms with Crippen LogP contribution >= 0.6 is 0 Å². The van der Waals surface area contributed by atoms with Crippen LogP contribution < -0.4 is 21.7 Å². The van der Waals surface area contributed by atoms with Crippen LogP contribution in [0.25, 0.3) is 10.9 Å². The average molecular weight is 470 g/mol. The Labute approximate surface area is 194 Å². The van der Waals surface area contributed by atoms with Crippen molar-refractivity contribution in [1.29, 1.82) is 0 Å². The summed E-state index contributed by atoms with van der Waals surface area (Å²) in [7, 11) is 0. The summed E-state index contributed by atoms with van der Waals surface area (Å²) in [4.78, 5) is 58.7. The van der Waals surface area contributed by atoms with E-state index in [-0.39, 0.29) is 19.4 Å². The maximum atomic E-state index is 13.1. The molecule has 0 fully saturated rings. The molecule has 0 saturated heterocycles. The summed E-state index contributed by atoms with van der Waals surface area (Å²) >= 11 is 0. The molecule has 0 bridgehead atoms. The molecule has 0 spiro atoms. The van der Waals surface area contributed by atoms with E-state index >= 15 is 0 Å². The number of aromatic amines is 2. The molecule has 3 amide bonds. The summed E-state index contributed by atoms with van der Waals surface area (Å²) in [6.07, 6.45) is 4.69. The van der Waals surface area contributed by atoms with Crippen LogP contribution in [-0.4, -0.2) is 68.4 Å². The Bertz CT molecular complexity index is 1160. The number of hydrogen-bond donors (Lipinski definition) is 7. The van der Waals surface area contributed by atoms with Gasteiger partial charge in [0.15, 0.2) is 0 Å². The highest BCUT2D eigenvalue weighted by Gasteiger charge is 2.28. The predicted octanol–water partition coefficient (Wildman–Crippen LogP) is -0.806. The first-order valence-corrected chi connectivity index (χ1v) is 10.6. The first-order chi connectivity index (χ1) is 16.2. The van der Waals surface area contributed by atoms with Crippen LogP contribution in [0.1, 0.15) is 18.2 Å². The van der Waals surface area contributed by atoms with Gasteiger partial charge in [-0.2, -0.15) is 0 Å². The van der Waals surface area contributed by atoms with Crippen molar-refractivity contribution in [3.8, 4) is 0 Å². The molecular formula is C22H27N7O5. The number of aliphatic carboxylic acids is 1. The Balaban J connectivity index is 1.76. The second kappa shape index (κ2) is 11.1. The Hall–Kier alpha value is -4.19. The van der Waals surface area contributed by atoms with Gasteiger partial charge < -0.3 is 36.8 Å². The molecule has 2 heterocycles. The van der Waals surface area contributed by atoms with E-state index in [9.17, 15) is 24.3 Å². The highest BCUT2D eigenvalue weighted by molar-refractivity contribution is 5.93. The number of aromatic nitrogens is 3. The van der Waals surface area contributed by atoms with Gasteiger partial charge >= 0.3 is 5.97 Å². The number of nitrogens with one attached hydrogen (secondary N) is 5. The number of carboxylic acids is 1. The number of imidazole rings is 1. The van der Waals surface area contributed by atoms with Gasteiger partial charge in [-0.25, -0.2) is 9.78 Å². The molecule has 3 atom stereocenters. The lowest BCUT2D eigenvalue weighted by Crippen LogP contribution is -2.54. The van der Waals surface area contributed by atoms with Crippen LogP contribution in [-0.2, 0) is 32.0 Å². The van der Waals surface area contributed by atoms with Gasteiger partial charge in [0.1, 0.15) is 12.1 Å². The monoisotopic (exact) mass is 469 g/mol. The van der Waals surface area contributed by atoms with Gasteiger partial charge in [0.05, 0.1) is 18.9 Å². The highest BCUT2D eigenvalue weighted by Crippen LogP contribution is 2.19. The van der Waals surface area contributed by atoms with Crippen molar-refractivity contribution in [3.63, 3.8) is 0 Å². The smallest absolute Gasteiger partial charge is 0.326 e. The standard InChI is InChI=1S/C22H27N7O5/c1-12(23)20(31)26-10-19(30)28-17(6-13-8-25-16-5-3-2-4-15(13)16)21(32)29-18(22(33)34)7-14-9-24-11-27-14/h2-5,8-9,11-12,17-18,25H,6-7,10,23H2,1H3,(H,24,27)(H,26,31)(H,28,30)(H,29,32)(H,33,34). The number of nitrogens with two attached hydrogens (primary N) is 1. The van der Waals surface area contributed by atoms with Crippen molar-refractivity contribution >= 4 is 34.6 Å². The van der Waals surface area contributed by atoms with Crippen LogP contribution in [0.15, 0.2) is 43.0 Å². The number of H-pyrrole nitrogens is 2. The van der Waals surface area contributed by atoms with Crippen LogP contribution in [0.2, 0.25) is 0 Å². The normalized spacial score (nSPS) is 13.6. The van der Waals surface area contributed by atoms with Gasteiger partial charge in [0.2, 0.25) is 17.7 Å². The molecule has 180 valence electrons. The number of carboxylic acid groups (broad SMARTS) is 1. The Kier molecular flexibility index (Phi) is 7.98. The number of benzene rings is 1. The minimum Gasteiger partial charge on any atom is -0.480 e. The lowest BCUT2D eigenvalue weighted by molar-refractivity contribution is -0.142. The summed E-state index contributed by atoms with van der Waals surface area (Å²) < 4.78 is 0. The molecule has 34 heavy (non-hydrogen) atoms. The SMILES string of the molecule is CC(N)C(=O)NCC(=O)NC(Cc1c[nH]c2ccccc12)C(=O)NC(Cc1cnc[nH]1)C(=O)O. The molecule has 1 aromatic carbocycles. The third-order valence-electron chi connectivity index (χ3n) is 5.18. The average Bonchev–Trinajstić information content (AvgIpc) is 3.46. The van der Waals surface area contributed by atoms with Gasteiger partial charge in [-0.3, -0.25) is 14.4 Å². The van der Waals surface area contributed by atoms with Gasteiger partial charge in [-0.05, 0) is 18.6 Å². The number of carbonyl (C=O) groups is 4. The number of fused-ring (bicyclic) bond motifs is 1. The Morgan fingerprint density at radius 2 is 1.82 bits per heavy atom. The van der Waals surface area contributed by atoms with E-state index in [0.29, 0.717) is 5.69 Å². The highest BCUT2D eigenvalue weighted by atomic mass is 16.4. The van der Waals surface area contributed by atoms with Crippen LogP contribution in [0.4, 0.5) is 0 Å². The fraction of sp³-hybridized carbons (Fsp3) is 0.318. The van der Waals surface area contributed by atoms with Crippen LogP contribution in [0, 0.1) is 0 Å². The minimum atomic E-state index is -1.24. The molecule has 0 aliphatic heterocycles. The lowest BCUT2D eigenvalue weighted by atomic mass is 10.0. The summed E-state index contributed by atoms with van der Waals surface area (Å²) in [6.45, 7) is 1.10. The Morgan fingerprint density at radius 3 is 2.50 bits per heavy atom. The van der Waals surface area contributed by atoms with Crippen molar-refractivity contribution in [3.05, 3.63) is 54.2 Å². The van der Waals surface area contributed by atoms with E-state index in [1.807, 2.05) is 24.3 Å². The summed E-state index contributed by atoms with van der Waals surface area (Å²) in [6, 6.07) is 4.33. The maximum Gasteiger partial charge on any atom is 0.326 e. The topological polar surface area (TPSA) is 195 Å². The van der Waals surface area contributed by atoms with Crippen molar-refractivity contribution in [2.75, 3.05) is 6.54 Å². The quantitative estimate of drug-likeness (QED) is 0.191. The summed E-state index contributed by atoms with van der Waals surface area (Å²) in [5.41, 5.74) is 7.63. The molecule has 0 aliphatic carbocycles. The van der Waals surface area contributed by atoms with Gasteiger partial charge in [0, 0.05) is 41.8 Å². The van der Waals surface area contributed by atoms with E-state index in [2.05, 4.69) is 30.9 Å². The summed E-state index contributed by atoms with van der Waals surface area (Å²) in [5, 5.41) is 17.9. The third-order valence-corrected chi connectivity index (χ3v) is 5.18. The van der Waals surface area contributed by atoms with Gasteiger partial charge in [-0.15, -0.1) is 0 Å². The van der Waals surface area contributed by atoms with Gasteiger partial charge in [-0.1, -0.05) is 18.2 Å². The Morgan fingerprint density at radius 1 is 1.06 bits per heavy atom. The van der Waals surface area contributed by atoms with Crippen molar-refractivity contribution in [1.82, 2.24) is 30.9 Å². The number of carbonyl (C=O) groups excluding carboxylic acids is 3. The van der Waals surface area contributed by atoms with E-state index < -0.39 is 41.8 Å². The molecule has 3 unspecified atom stereocenters. The lowest BCUT2D eigenvalue weighted by Gasteiger charge is -2.21. The molecule has 12 nitrogen and oxygen atoms in total.